The summed E-state index contributed by atoms with van der Waals surface area (Å²) < 4.78 is 29.7. The van der Waals surface area contributed by atoms with Crippen LogP contribution < -0.4 is 15.5 Å². The van der Waals surface area contributed by atoms with Gasteiger partial charge >= 0.3 is 6.03 Å². The third-order valence-corrected chi connectivity index (χ3v) is 6.31. The number of nitrogens with one attached hydrogen (secondary N) is 2. The number of anilines is 2. The van der Waals surface area contributed by atoms with Crippen LogP contribution in [0.25, 0.3) is 22.4 Å². The van der Waals surface area contributed by atoms with E-state index in [1.807, 2.05) is 19.2 Å². The van der Waals surface area contributed by atoms with Crippen molar-refractivity contribution in [1.29, 1.82) is 0 Å². The molecular weight excluding hydrogens is 446 g/mol. The summed E-state index contributed by atoms with van der Waals surface area (Å²) in [6.45, 7) is 4.14. The number of fused-ring (bicyclic) bond motifs is 1. The standard InChI is InChI=1S/C21H27N7O4S/c1-14-13-32-10-9-28(14)20-18-17(12-23-27(18)2)25-19(26-20)15-4-6-16(7-5-15)24-21(29)22-8-11-33(3,30)31/h4-7,12,14H,8-11,13H2,1-3H3,(H2,22,24,29). The van der Waals surface area contributed by atoms with E-state index in [1.165, 1.54) is 0 Å². The molecule has 3 aromatic rings. The molecule has 2 aromatic heterocycles. The van der Waals surface area contributed by atoms with E-state index in [1.54, 1.807) is 23.0 Å². The first kappa shape index (κ1) is 22.9. The minimum atomic E-state index is -3.13. The Balaban J connectivity index is 1.55. The zero-order valence-corrected chi connectivity index (χ0v) is 19.6. The molecule has 12 heteroatoms. The largest absolute Gasteiger partial charge is 0.377 e. The number of morpholine rings is 1. The number of aryl methyl sites for hydroxylation is 1. The number of carbonyl (C=O) groups excluding carboxylic acids is 1. The molecular formula is C21H27N7O4S. The van der Waals surface area contributed by atoms with Crippen molar-refractivity contribution in [3.05, 3.63) is 30.5 Å². The van der Waals surface area contributed by atoms with Crippen molar-refractivity contribution in [3.8, 4) is 11.4 Å². The minimum absolute atomic E-state index is 0.0461. The average molecular weight is 474 g/mol. The third kappa shape index (κ3) is 5.40. The van der Waals surface area contributed by atoms with Gasteiger partial charge in [0.1, 0.15) is 20.9 Å². The summed E-state index contributed by atoms with van der Waals surface area (Å²) in [6, 6.07) is 6.86. The van der Waals surface area contributed by atoms with E-state index in [9.17, 15) is 13.2 Å². The highest BCUT2D eigenvalue weighted by atomic mass is 32.2. The van der Waals surface area contributed by atoms with Crippen molar-refractivity contribution in [2.75, 3.05) is 48.5 Å². The highest BCUT2D eigenvalue weighted by Crippen LogP contribution is 2.29. The number of nitrogens with zero attached hydrogens (tertiary/aromatic N) is 5. The number of benzene rings is 1. The molecule has 33 heavy (non-hydrogen) atoms. The van der Waals surface area contributed by atoms with Gasteiger partial charge in [0.05, 0.1) is 31.2 Å². The molecule has 1 fully saturated rings. The molecule has 4 rings (SSSR count). The van der Waals surface area contributed by atoms with Gasteiger partial charge in [-0.25, -0.2) is 23.2 Å². The van der Waals surface area contributed by atoms with Crippen LogP contribution in [-0.4, -0.2) is 78.6 Å². The summed E-state index contributed by atoms with van der Waals surface area (Å²) in [7, 11) is -1.25. The summed E-state index contributed by atoms with van der Waals surface area (Å²) in [4.78, 5) is 23.8. The quantitative estimate of drug-likeness (QED) is 0.550. The van der Waals surface area contributed by atoms with Gasteiger partial charge in [-0.15, -0.1) is 0 Å². The summed E-state index contributed by atoms with van der Waals surface area (Å²) in [5, 5.41) is 9.57. The lowest BCUT2D eigenvalue weighted by Crippen LogP contribution is -2.44. The van der Waals surface area contributed by atoms with Gasteiger partial charge in [0, 0.05) is 37.6 Å². The van der Waals surface area contributed by atoms with Crippen LogP contribution in [-0.2, 0) is 21.6 Å². The van der Waals surface area contributed by atoms with Crippen LogP contribution in [0.2, 0.25) is 0 Å². The van der Waals surface area contributed by atoms with Gasteiger partial charge in [-0.05, 0) is 31.2 Å². The molecule has 176 valence electrons. The number of hydrogen-bond donors (Lipinski definition) is 2. The molecule has 1 aliphatic rings. The van der Waals surface area contributed by atoms with Gasteiger partial charge < -0.3 is 20.3 Å². The lowest BCUT2D eigenvalue weighted by atomic mass is 10.2. The highest BCUT2D eigenvalue weighted by molar-refractivity contribution is 7.90. The van der Waals surface area contributed by atoms with Crippen molar-refractivity contribution in [2.24, 2.45) is 7.05 Å². The van der Waals surface area contributed by atoms with E-state index >= 15 is 0 Å². The van der Waals surface area contributed by atoms with Crippen molar-refractivity contribution >= 4 is 38.4 Å². The second-order valence-electron chi connectivity index (χ2n) is 8.08. The van der Waals surface area contributed by atoms with Gasteiger partial charge in [-0.1, -0.05) is 0 Å². The zero-order valence-electron chi connectivity index (χ0n) is 18.8. The first-order chi connectivity index (χ1) is 15.7. The predicted molar refractivity (Wildman–Crippen MR) is 126 cm³/mol. The molecule has 2 N–H and O–H groups in total. The Bertz CT molecular complexity index is 1260. The number of urea groups is 1. The SMILES string of the molecule is CC1COCCN1c1nc(-c2ccc(NC(=O)NCCS(C)(=O)=O)cc2)nc2cnn(C)c12. The second kappa shape index (κ2) is 9.32. The fourth-order valence-corrected chi connectivity index (χ4v) is 4.13. The van der Waals surface area contributed by atoms with Gasteiger partial charge in [-0.3, -0.25) is 4.68 Å². The lowest BCUT2D eigenvalue weighted by molar-refractivity contribution is 0.0986. The van der Waals surface area contributed by atoms with E-state index in [4.69, 9.17) is 14.7 Å². The number of ether oxygens (including phenoxy) is 1. The Hall–Kier alpha value is -3.25. The molecule has 0 aliphatic carbocycles. The van der Waals surface area contributed by atoms with Crippen molar-refractivity contribution in [3.63, 3.8) is 0 Å². The Kier molecular flexibility index (Phi) is 6.47. The van der Waals surface area contributed by atoms with Crippen LogP contribution in [0.5, 0.6) is 0 Å². The average Bonchev–Trinajstić information content (AvgIpc) is 3.14. The summed E-state index contributed by atoms with van der Waals surface area (Å²) in [5.41, 5.74) is 2.99. The van der Waals surface area contributed by atoms with E-state index in [2.05, 4.69) is 27.6 Å². The number of carbonyl (C=O) groups is 1. The molecule has 2 amide bonds. The van der Waals surface area contributed by atoms with Crippen molar-refractivity contribution in [2.45, 2.75) is 13.0 Å². The molecule has 0 bridgehead atoms. The van der Waals surface area contributed by atoms with Crippen LogP contribution in [0.4, 0.5) is 16.3 Å². The van der Waals surface area contributed by atoms with Gasteiger partial charge in [-0.2, -0.15) is 5.10 Å². The highest BCUT2D eigenvalue weighted by Gasteiger charge is 2.25. The van der Waals surface area contributed by atoms with Crippen molar-refractivity contribution < 1.29 is 17.9 Å². The van der Waals surface area contributed by atoms with Crippen molar-refractivity contribution in [1.82, 2.24) is 25.1 Å². The maximum absolute atomic E-state index is 12.0. The molecule has 1 aromatic carbocycles. The molecule has 1 unspecified atom stereocenters. The number of aromatic nitrogens is 4. The molecule has 0 spiro atoms. The Morgan fingerprint density at radius 1 is 1.24 bits per heavy atom. The van der Waals surface area contributed by atoms with Crippen LogP contribution in [0.3, 0.4) is 0 Å². The first-order valence-electron chi connectivity index (χ1n) is 10.6. The molecule has 0 saturated carbocycles. The van der Waals surface area contributed by atoms with Crippen LogP contribution in [0.1, 0.15) is 6.92 Å². The summed E-state index contributed by atoms with van der Waals surface area (Å²) in [5.74, 6) is 1.27. The van der Waals surface area contributed by atoms with E-state index in [-0.39, 0.29) is 18.3 Å². The molecule has 1 aliphatic heterocycles. The predicted octanol–water partition coefficient (Wildman–Crippen LogP) is 1.42. The van der Waals surface area contributed by atoms with Crippen LogP contribution in [0.15, 0.2) is 30.5 Å². The maximum atomic E-state index is 12.0. The van der Waals surface area contributed by atoms with E-state index in [0.29, 0.717) is 24.7 Å². The molecule has 1 saturated heterocycles. The lowest BCUT2D eigenvalue weighted by Gasteiger charge is -2.34. The number of rotatable bonds is 6. The Morgan fingerprint density at radius 2 is 2.00 bits per heavy atom. The third-order valence-electron chi connectivity index (χ3n) is 5.37. The second-order valence-corrected chi connectivity index (χ2v) is 10.3. The van der Waals surface area contributed by atoms with Gasteiger partial charge in [0.15, 0.2) is 11.6 Å². The van der Waals surface area contributed by atoms with E-state index < -0.39 is 15.9 Å². The molecule has 0 radical (unpaired) electrons. The Labute approximate surface area is 192 Å². The Morgan fingerprint density at radius 3 is 2.70 bits per heavy atom. The fourth-order valence-electron chi connectivity index (χ4n) is 3.66. The van der Waals surface area contributed by atoms with Gasteiger partial charge in [0.2, 0.25) is 0 Å². The van der Waals surface area contributed by atoms with Crippen LogP contribution in [0, 0.1) is 0 Å². The first-order valence-corrected chi connectivity index (χ1v) is 12.6. The normalized spacial score (nSPS) is 16.7. The topological polar surface area (TPSA) is 131 Å². The molecule has 11 nitrogen and oxygen atoms in total. The zero-order chi connectivity index (χ0) is 23.6. The number of sulfone groups is 1. The maximum Gasteiger partial charge on any atom is 0.319 e. The van der Waals surface area contributed by atoms with Crippen LogP contribution >= 0.6 is 0 Å². The number of hydrogen-bond acceptors (Lipinski definition) is 8. The summed E-state index contributed by atoms with van der Waals surface area (Å²) in [6.07, 6.45) is 2.85. The van der Waals surface area contributed by atoms with E-state index in [0.717, 1.165) is 35.2 Å². The monoisotopic (exact) mass is 473 g/mol. The molecule has 3 heterocycles. The summed E-state index contributed by atoms with van der Waals surface area (Å²) >= 11 is 0. The smallest absolute Gasteiger partial charge is 0.319 e. The van der Waals surface area contributed by atoms with Gasteiger partial charge in [0.25, 0.3) is 0 Å². The fraction of sp³-hybridized carbons (Fsp3) is 0.429. The minimum Gasteiger partial charge on any atom is -0.377 e. The molecule has 1 atom stereocenters. The number of amides is 2.